The van der Waals surface area contributed by atoms with Gasteiger partial charge < -0.3 is 19.3 Å². The molecule has 0 spiro atoms. The van der Waals surface area contributed by atoms with Crippen LogP contribution in [0.1, 0.15) is 0 Å². The van der Waals surface area contributed by atoms with Crippen LogP contribution in [-0.4, -0.2) is 26.4 Å². The van der Waals surface area contributed by atoms with Gasteiger partial charge in [-0.15, -0.1) is 0 Å². The molecule has 0 heterocycles. The lowest BCUT2D eigenvalue weighted by Gasteiger charge is -2.13. The van der Waals surface area contributed by atoms with E-state index in [1.165, 1.54) is 0 Å². The summed E-state index contributed by atoms with van der Waals surface area (Å²) >= 11 is 0. The van der Waals surface area contributed by atoms with E-state index < -0.39 is 0 Å². The summed E-state index contributed by atoms with van der Waals surface area (Å²) < 4.78 is 15.5. The SMILES string of the molecule is COc1ccc(-c2c(O)cc(OC)cc2OC)cc1. The van der Waals surface area contributed by atoms with Crippen LogP contribution < -0.4 is 14.2 Å². The highest BCUT2D eigenvalue weighted by molar-refractivity contribution is 5.78. The van der Waals surface area contributed by atoms with Crippen LogP contribution in [0.4, 0.5) is 0 Å². The summed E-state index contributed by atoms with van der Waals surface area (Å²) in [6.45, 7) is 0. The monoisotopic (exact) mass is 260 g/mol. The van der Waals surface area contributed by atoms with Crippen molar-refractivity contribution >= 4 is 0 Å². The second-order valence-corrected chi connectivity index (χ2v) is 3.95. The Hall–Kier alpha value is -2.36. The van der Waals surface area contributed by atoms with Crippen LogP contribution in [0.3, 0.4) is 0 Å². The average molecular weight is 260 g/mol. The van der Waals surface area contributed by atoms with Gasteiger partial charge in [-0.25, -0.2) is 0 Å². The Balaban J connectivity index is 2.53. The third-order valence-electron chi connectivity index (χ3n) is 2.89. The van der Waals surface area contributed by atoms with Gasteiger partial charge in [0.05, 0.1) is 26.9 Å². The van der Waals surface area contributed by atoms with Gasteiger partial charge >= 0.3 is 0 Å². The second kappa shape index (κ2) is 5.52. The van der Waals surface area contributed by atoms with Gasteiger partial charge in [-0.1, -0.05) is 12.1 Å². The van der Waals surface area contributed by atoms with Crippen molar-refractivity contribution in [1.29, 1.82) is 0 Å². The molecule has 0 saturated heterocycles. The van der Waals surface area contributed by atoms with Crippen LogP contribution in [0.2, 0.25) is 0 Å². The van der Waals surface area contributed by atoms with Gasteiger partial charge in [0.15, 0.2) is 0 Å². The molecule has 4 heteroatoms. The Bertz CT molecular complexity index is 561. The van der Waals surface area contributed by atoms with Crippen LogP contribution in [0.15, 0.2) is 36.4 Å². The lowest BCUT2D eigenvalue weighted by atomic mass is 10.0. The molecular weight excluding hydrogens is 244 g/mol. The topological polar surface area (TPSA) is 47.9 Å². The van der Waals surface area contributed by atoms with Gasteiger partial charge in [-0.2, -0.15) is 0 Å². The molecule has 2 aromatic carbocycles. The number of methoxy groups -OCH3 is 3. The van der Waals surface area contributed by atoms with Crippen molar-refractivity contribution in [2.75, 3.05) is 21.3 Å². The Morgan fingerprint density at radius 2 is 1.42 bits per heavy atom. The van der Waals surface area contributed by atoms with Crippen molar-refractivity contribution in [1.82, 2.24) is 0 Å². The molecule has 4 nitrogen and oxygen atoms in total. The molecule has 0 saturated carbocycles. The van der Waals surface area contributed by atoms with E-state index in [1.54, 1.807) is 33.5 Å². The minimum Gasteiger partial charge on any atom is -0.507 e. The maximum atomic E-state index is 10.1. The van der Waals surface area contributed by atoms with Gasteiger partial charge in [0.1, 0.15) is 23.0 Å². The summed E-state index contributed by atoms with van der Waals surface area (Å²) in [5, 5.41) is 10.1. The van der Waals surface area contributed by atoms with E-state index in [9.17, 15) is 5.11 Å². The van der Waals surface area contributed by atoms with Crippen molar-refractivity contribution < 1.29 is 19.3 Å². The molecule has 2 aromatic rings. The molecule has 0 radical (unpaired) electrons. The fraction of sp³-hybridized carbons (Fsp3) is 0.200. The number of phenolic OH excluding ortho intramolecular Hbond substituents is 1. The summed E-state index contributed by atoms with van der Waals surface area (Å²) in [7, 11) is 4.71. The summed E-state index contributed by atoms with van der Waals surface area (Å²) in [5.41, 5.74) is 1.48. The smallest absolute Gasteiger partial charge is 0.134 e. The summed E-state index contributed by atoms with van der Waals surface area (Å²) in [6, 6.07) is 10.7. The Morgan fingerprint density at radius 3 is 1.95 bits per heavy atom. The van der Waals surface area contributed by atoms with Crippen molar-refractivity contribution in [3.05, 3.63) is 36.4 Å². The number of hydrogen-bond acceptors (Lipinski definition) is 4. The zero-order valence-electron chi connectivity index (χ0n) is 11.1. The Labute approximate surface area is 112 Å². The van der Waals surface area contributed by atoms with Crippen LogP contribution in [-0.2, 0) is 0 Å². The molecule has 0 fully saturated rings. The Morgan fingerprint density at radius 1 is 0.789 bits per heavy atom. The van der Waals surface area contributed by atoms with Gasteiger partial charge in [-0.05, 0) is 17.7 Å². The number of ether oxygens (including phenoxy) is 3. The average Bonchev–Trinajstić information content (AvgIpc) is 2.46. The highest BCUT2D eigenvalue weighted by atomic mass is 16.5. The molecule has 0 amide bonds. The van der Waals surface area contributed by atoms with Crippen molar-refractivity contribution in [3.8, 4) is 34.1 Å². The second-order valence-electron chi connectivity index (χ2n) is 3.95. The molecular formula is C15H16O4. The van der Waals surface area contributed by atoms with Crippen LogP contribution in [0.25, 0.3) is 11.1 Å². The molecule has 0 aromatic heterocycles. The molecule has 0 atom stereocenters. The van der Waals surface area contributed by atoms with Crippen molar-refractivity contribution in [2.24, 2.45) is 0 Å². The minimum atomic E-state index is 0.112. The highest BCUT2D eigenvalue weighted by Crippen LogP contribution is 2.41. The first-order valence-corrected chi connectivity index (χ1v) is 5.79. The molecule has 100 valence electrons. The van der Waals surface area contributed by atoms with Crippen molar-refractivity contribution in [3.63, 3.8) is 0 Å². The zero-order chi connectivity index (χ0) is 13.8. The van der Waals surface area contributed by atoms with E-state index in [2.05, 4.69) is 0 Å². The van der Waals surface area contributed by atoms with Gasteiger partial charge in [0, 0.05) is 12.1 Å². The van der Waals surface area contributed by atoms with E-state index in [4.69, 9.17) is 14.2 Å². The molecule has 0 bridgehead atoms. The minimum absolute atomic E-state index is 0.112. The summed E-state index contributed by atoms with van der Waals surface area (Å²) in [6.07, 6.45) is 0. The van der Waals surface area contributed by atoms with Crippen LogP contribution in [0, 0.1) is 0 Å². The van der Waals surface area contributed by atoms with E-state index in [-0.39, 0.29) is 5.75 Å². The van der Waals surface area contributed by atoms with Gasteiger partial charge in [-0.3, -0.25) is 0 Å². The van der Waals surface area contributed by atoms with E-state index in [0.717, 1.165) is 11.3 Å². The fourth-order valence-corrected chi connectivity index (χ4v) is 1.90. The fourth-order valence-electron chi connectivity index (χ4n) is 1.90. The maximum Gasteiger partial charge on any atom is 0.134 e. The lowest BCUT2D eigenvalue weighted by molar-refractivity contribution is 0.386. The number of benzene rings is 2. The van der Waals surface area contributed by atoms with E-state index >= 15 is 0 Å². The largest absolute Gasteiger partial charge is 0.507 e. The van der Waals surface area contributed by atoms with Crippen molar-refractivity contribution in [2.45, 2.75) is 0 Å². The lowest BCUT2D eigenvalue weighted by Crippen LogP contribution is -1.91. The molecule has 0 aliphatic carbocycles. The quantitative estimate of drug-likeness (QED) is 0.917. The third kappa shape index (κ3) is 2.57. The first kappa shape index (κ1) is 13.1. The summed E-state index contributed by atoms with van der Waals surface area (Å²) in [5.74, 6) is 1.98. The van der Waals surface area contributed by atoms with E-state index in [0.29, 0.717) is 17.1 Å². The normalized spacial score (nSPS) is 10.1. The van der Waals surface area contributed by atoms with Crippen LogP contribution in [0.5, 0.6) is 23.0 Å². The predicted molar refractivity (Wildman–Crippen MR) is 73.2 cm³/mol. The van der Waals surface area contributed by atoms with E-state index in [1.807, 2.05) is 24.3 Å². The van der Waals surface area contributed by atoms with Gasteiger partial charge in [0.25, 0.3) is 0 Å². The number of hydrogen-bond donors (Lipinski definition) is 1. The molecule has 0 aliphatic rings. The highest BCUT2D eigenvalue weighted by Gasteiger charge is 2.13. The summed E-state index contributed by atoms with van der Waals surface area (Å²) in [4.78, 5) is 0. The standard InChI is InChI=1S/C15H16O4/c1-17-11-6-4-10(5-7-11)15-13(16)8-12(18-2)9-14(15)19-3/h4-9,16H,1-3H3. The number of phenols is 1. The first-order chi connectivity index (χ1) is 9.19. The van der Waals surface area contributed by atoms with Gasteiger partial charge in [0.2, 0.25) is 0 Å². The molecule has 19 heavy (non-hydrogen) atoms. The maximum absolute atomic E-state index is 10.1. The van der Waals surface area contributed by atoms with Crippen LogP contribution >= 0.6 is 0 Å². The predicted octanol–water partition coefficient (Wildman–Crippen LogP) is 3.09. The molecule has 1 N–H and O–H groups in total. The molecule has 0 aliphatic heterocycles. The number of rotatable bonds is 4. The first-order valence-electron chi connectivity index (χ1n) is 5.79. The number of aromatic hydroxyl groups is 1. The Kier molecular flexibility index (Phi) is 3.80. The molecule has 0 unspecified atom stereocenters. The third-order valence-corrected chi connectivity index (χ3v) is 2.89. The molecule has 2 rings (SSSR count). The zero-order valence-corrected chi connectivity index (χ0v) is 11.1.